The van der Waals surface area contributed by atoms with Crippen molar-refractivity contribution in [3.05, 3.63) is 260 Å². The van der Waals surface area contributed by atoms with Gasteiger partial charge in [-0.2, -0.15) is 0 Å². The number of aromatic nitrogens is 3. The van der Waals surface area contributed by atoms with Crippen LogP contribution in [-0.4, -0.2) is 15.0 Å². The lowest BCUT2D eigenvalue weighted by Gasteiger charge is -2.22. The van der Waals surface area contributed by atoms with Crippen LogP contribution in [0.1, 0.15) is 25.0 Å². The molecular formula is C68H47N3. The summed E-state index contributed by atoms with van der Waals surface area (Å²) in [5.74, 6) is 1.91. The van der Waals surface area contributed by atoms with Gasteiger partial charge in [-0.1, -0.05) is 257 Å². The van der Waals surface area contributed by atoms with Crippen molar-refractivity contribution in [2.24, 2.45) is 0 Å². The lowest BCUT2D eigenvalue weighted by atomic mass is 9.81. The minimum atomic E-state index is -0.0332. The van der Waals surface area contributed by atoms with Crippen LogP contribution in [-0.2, 0) is 5.41 Å². The van der Waals surface area contributed by atoms with Crippen molar-refractivity contribution in [3.63, 3.8) is 0 Å². The summed E-state index contributed by atoms with van der Waals surface area (Å²) in [5.41, 5.74) is 20.2. The van der Waals surface area contributed by atoms with E-state index in [4.69, 9.17) is 15.0 Å². The monoisotopic (exact) mass is 905 g/mol. The van der Waals surface area contributed by atoms with Gasteiger partial charge in [-0.25, -0.2) is 15.0 Å². The molecule has 11 aromatic carbocycles. The molecule has 13 rings (SSSR count). The van der Waals surface area contributed by atoms with Gasteiger partial charge in [0, 0.05) is 22.1 Å². The van der Waals surface area contributed by atoms with E-state index in [9.17, 15) is 0 Å². The maximum absolute atomic E-state index is 5.06. The second kappa shape index (κ2) is 17.2. The van der Waals surface area contributed by atoms with Crippen molar-refractivity contribution in [2.45, 2.75) is 19.3 Å². The molecule has 334 valence electrons. The molecule has 1 aliphatic rings. The molecule has 0 aliphatic heterocycles. The van der Waals surface area contributed by atoms with Crippen LogP contribution in [0.2, 0.25) is 0 Å². The zero-order valence-corrected chi connectivity index (χ0v) is 39.5. The molecule has 3 nitrogen and oxygen atoms in total. The Hall–Kier alpha value is -9.05. The van der Waals surface area contributed by atoms with E-state index in [0.717, 1.165) is 27.8 Å². The molecule has 1 aliphatic carbocycles. The Morgan fingerprint density at radius 1 is 0.225 bits per heavy atom. The topological polar surface area (TPSA) is 38.7 Å². The van der Waals surface area contributed by atoms with Crippen LogP contribution in [0.25, 0.3) is 122 Å². The van der Waals surface area contributed by atoms with E-state index in [1.165, 1.54) is 88.3 Å². The minimum absolute atomic E-state index is 0.0332. The van der Waals surface area contributed by atoms with E-state index in [2.05, 4.69) is 226 Å². The molecule has 0 bridgehead atoms. The number of hydrogen-bond donors (Lipinski definition) is 0. The quantitative estimate of drug-likeness (QED) is 0.152. The SMILES string of the molecule is CC1(C)c2ccccc2-c2ccc(-c3ccc(-c4ccc(-c5ccc(-c6ccc(-c7nc(-c8ccccc8)nc(-c8ccc(-c9ccccc9)cc8)n7)cc6)c6ccccc56)c5ccccc45)cc3)cc21. The fraction of sp³-hybridized carbons (Fsp3) is 0.0441. The Labute approximate surface area is 414 Å². The van der Waals surface area contributed by atoms with Crippen LogP contribution in [0.3, 0.4) is 0 Å². The molecule has 71 heavy (non-hydrogen) atoms. The molecule has 0 atom stereocenters. The van der Waals surface area contributed by atoms with E-state index in [1.54, 1.807) is 0 Å². The summed E-state index contributed by atoms with van der Waals surface area (Å²) in [5, 5.41) is 4.88. The van der Waals surface area contributed by atoms with Crippen LogP contribution >= 0.6 is 0 Å². The van der Waals surface area contributed by atoms with Crippen LogP contribution in [0.4, 0.5) is 0 Å². The molecule has 3 heteroatoms. The third kappa shape index (κ3) is 7.42. The van der Waals surface area contributed by atoms with Crippen molar-refractivity contribution < 1.29 is 0 Å². The number of rotatable bonds is 8. The molecule has 0 fully saturated rings. The maximum atomic E-state index is 5.06. The molecule has 0 unspecified atom stereocenters. The largest absolute Gasteiger partial charge is 0.208 e. The Morgan fingerprint density at radius 2 is 0.535 bits per heavy atom. The Morgan fingerprint density at radius 3 is 1.04 bits per heavy atom. The van der Waals surface area contributed by atoms with Gasteiger partial charge in [0.05, 0.1) is 0 Å². The molecular weight excluding hydrogens is 859 g/mol. The van der Waals surface area contributed by atoms with Gasteiger partial charge in [0.1, 0.15) is 0 Å². The summed E-state index contributed by atoms with van der Waals surface area (Å²) in [6, 6.07) is 89.5. The second-order valence-electron chi connectivity index (χ2n) is 19.1. The number of fused-ring (bicyclic) bond motifs is 5. The number of benzene rings is 11. The van der Waals surface area contributed by atoms with Gasteiger partial charge < -0.3 is 0 Å². The van der Waals surface area contributed by atoms with Crippen LogP contribution < -0.4 is 0 Å². The Balaban J connectivity index is 0.818. The fourth-order valence-corrected chi connectivity index (χ4v) is 10.9. The van der Waals surface area contributed by atoms with E-state index in [1.807, 2.05) is 36.4 Å². The summed E-state index contributed by atoms with van der Waals surface area (Å²) in [6.07, 6.45) is 0. The zero-order chi connectivity index (χ0) is 47.5. The summed E-state index contributed by atoms with van der Waals surface area (Å²) < 4.78 is 0. The maximum Gasteiger partial charge on any atom is 0.164 e. The van der Waals surface area contributed by atoms with Gasteiger partial charge in [-0.15, -0.1) is 0 Å². The molecule has 0 saturated heterocycles. The molecule has 0 spiro atoms. The van der Waals surface area contributed by atoms with E-state index < -0.39 is 0 Å². The van der Waals surface area contributed by atoms with Crippen molar-refractivity contribution in [2.75, 3.05) is 0 Å². The highest BCUT2D eigenvalue weighted by Gasteiger charge is 2.35. The number of hydrogen-bond acceptors (Lipinski definition) is 3. The molecule has 12 aromatic rings. The van der Waals surface area contributed by atoms with Crippen LogP contribution in [0.5, 0.6) is 0 Å². The zero-order valence-electron chi connectivity index (χ0n) is 39.5. The molecule has 0 N–H and O–H groups in total. The first-order valence-electron chi connectivity index (χ1n) is 24.4. The van der Waals surface area contributed by atoms with E-state index in [-0.39, 0.29) is 5.41 Å². The first-order valence-corrected chi connectivity index (χ1v) is 24.4. The lowest BCUT2D eigenvalue weighted by molar-refractivity contribution is 0.660. The third-order valence-electron chi connectivity index (χ3n) is 14.6. The molecule has 0 radical (unpaired) electrons. The smallest absolute Gasteiger partial charge is 0.164 e. The van der Waals surface area contributed by atoms with Gasteiger partial charge in [-0.05, 0) is 105 Å². The summed E-state index contributed by atoms with van der Waals surface area (Å²) in [4.78, 5) is 15.1. The Bertz CT molecular complexity index is 3970. The van der Waals surface area contributed by atoms with E-state index >= 15 is 0 Å². The van der Waals surface area contributed by atoms with Crippen molar-refractivity contribution in [1.29, 1.82) is 0 Å². The molecule has 1 heterocycles. The highest BCUT2D eigenvalue weighted by atomic mass is 15.0. The lowest BCUT2D eigenvalue weighted by Crippen LogP contribution is -2.14. The van der Waals surface area contributed by atoms with Crippen molar-refractivity contribution in [1.82, 2.24) is 15.0 Å². The highest BCUT2D eigenvalue weighted by molar-refractivity contribution is 6.12. The fourth-order valence-electron chi connectivity index (χ4n) is 10.9. The van der Waals surface area contributed by atoms with Crippen molar-refractivity contribution in [3.8, 4) is 101 Å². The predicted molar refractivity (Wildman–Crippen MR) is 296 cm³/mol. The van der Waals surface area contributed by atoms with Gasteiger partial charge in [0.15, 0.2) is 17.5 Å². The summed E-state index contributed by atoms with van der Waals surface area (Å²) in [6.45, 7) is 4.69. The second-order valence-corrected chi connectivity index (χ2v) is 19.1. The van der Waals surface area contributed by atoms with E-state index in [0.29, 0.717) is 17.5 Å². The number of nitrogens with zero attached hydrogens (tertiary/aromatic N) is 3. The molecule has 1 aromatic heterocycles. The first kappa shape index (κ1) is 42.1. The van der Waals surface area contributed by atoms with Crippen molar-refractivity contribution >= 4 is 21.5 Å². The standard InChI is InChI=1S/C68H47N3/c1-68(2)63-24-14-13-23-61(63)62-38-37-52(43-64(62)68)46-25-29-47(30-26-46)53-39-41-59(57-21-11-9-19-55(53)57)60-42-40-54(56-20-10-12-22-58(56)60)48-31-35-51(36-32-48)67-70-65(49-17-7-4-8-18-49)69-66(71-67)50-33-27-45(28-34-50)44-15-5-3-6-16-44/h3-43H,1-2H3. The highest BCUT2D eigenvalue weighted by Crippen LogP contribution is 2.50. The average molecular weight is 906 g/mol. The van der Waals surface area contributed by atoms with Crippen LogP contribution in [0, 0.1) is 0 Å². The molecule has 0 saturated carbocycles. The Kier molecular flexibility index (Phi) is 10.2. The van der Waals surface area contributed by atoms with Gasteiger partial charge >= 0.3 is 0 Å². The minimum Gasteiger partial charge on any atom is -0.208 e. The van der Waals surface area contributed by atoms with Crippen LogP contribution in [0.15, 0.2) is 249 Å². The molecule has 0 amide bonds. The summed E-state index contributed by atoms with van der Waals surface area (Å²) >= 11 is 0. The normalized spacial score (nSPS) is 12.5. The average Bonchev–Trinajstić information content (AvgIpc) is 3.68. The predicted octanol–water partition coefficient (Wildman–Crippen LogP) is 17.8. The van der Waals surface area contributed by atoms with Gasteiger partial charge in [0.2, 0.25) is 0 Å². The van der Waals surface area contributed by atoms with Gasteiger partial charge in [0.25, 0.3) is 0 Å². The third-order valence-corrected chi connectivity index (χ3v) is 14.6. The van der Waals surface area contributed by atoms with Gasteiger partial charge in [-0.3, -0.25) is 0 Å². The first-order chi connectivity index (χ1) is 34.9. The summed E-state index contributed by atoms with van der Waals surface area (Å²) in [7, 11) is 0.